The second kappa shape index (κ2) is 8.84. The Balaban J connectivity index is 1.57. The van der Waals surface area contributed by atoms with Crippen molar-refractivity contribution in [2.24, 2.45) is 11.8 Å². The molecule has 5 rings (SSSR count). The summed E-state index contributed by atoms with van der Waals surface area (Å²) in [5.41, 5.74) is -2.39. The number of carbonyl (C=O) groups is 1. The summed E-state index contributed by atoms with van der Waals surface area (Å²) < 4.78 is 81.0. The fraction of sp³-hybridized carbons (Fsp3) is 0.435. The number of nitrogens with one attached hydrogen (secondary N) is 1. The van der Waals surface area contributed by atoms with E-state index in [0.29, 0.717) is 18.6 Å². The van der Waals surface area contributed by atoms with Crippen LogP contribution in [0.15, 0.2) is 35.2 Å². The summed E-state index contributed by atoms with van der Waals surface area (Å²) in [6, 6.07) is 3.62. The first kappa shape index (κ1) is 25.5. The van der Waals surface area contributed by atoms with Crippen molar-refractivity contribution in [2.45, 2.75) is 54.1 Å². The van der Waals surface area contributed by atoms with Gasteiger partial charge in [0.05, 0.1) is 17.0 Å². The number of sulfone groups is 1. The topological polar surface area (TPSA) is 124 Å². The SMILES string of the molecule is C[C@H](O)[C@@H](O)[C@]1(O)C2CC1C[C@@H](S(=O)(=O)c1cc(C(=O)Nc3cc(F)c(F)c(F)c3)ccc1F)C2. The molecule has 2 unspecified atom stereocenters. The minimum absolute atomic E-state index is 0.0802. The molecule has 2 aromatic rings. The largest absolute Gasteiger partial charge is 0.391 e. The highest BCUT2D eigenvalue weighted by Crippen LogP contribution is 2.57. The van der Waals surface area contributed by atoms with Gasteiger partial charge in [-0.25, -0.2) is 26.0 Å². The second-order valence-electron chi connectivity index (χ2n) is 9.19. The maximum atomic E-state index is 14.6. The number of hydrogen-bond acceptors (Lipinski definition) is 6. The summed E-state index contributed by atoms with van der Waals surface area (Å²) in [6.45, 7) is 1.31. The zero-order valence-electron chi connectivity index (χ0n) is 18.4. The van der Waals surface area contributed by atoms with Crippen molar-refractivity contribution >= 4 is 21.4 Å². The first-order valence-electron chi connectivity index (χ1n) is 10.8. The summed E-state index contributed by atoms with van der Waals surface area (Å²) in [6.07, 6.45) is -2.40. The highest BCUT2D eigenvalue weighted by Gasteiger charge is 2.63. The molecule has 0 heterocycles. The van der Waals surface area contributed by atoms with Gasteiger partial charge < -0.3 is 20.6 Å². The Morgan fingerprint density at radius 3 is 2.11 bits per heavy atom. The van der Waals surface area contributed by atoms with Gasteiger partial charge in [-0.1, -0.05) is 0 Å². The molecule has 190 valence electrons. The molecule has 4 atom stereocenters. The van der Waals surface area contributed by atoms with E-state index >= 15 is 0 Å². The highest BCUT2D eigenvalue weighted by molar-refractivity contribution is 7.92. The average molecular weight is 517 g/mol. The van der Waals surface area contributed by atoms with E-state index in [4.69, 9.17) is 0 Å². The minimum atomic E-state index is -4.32. The molecule has 12 heteroatoms. The maximum Gasteiger partial charge on any atom is 0.255 e. The third kappa shape index (κ3) is 4.22. The van der Waals surface area contributed by atoms with Crippen LogP contribution in [0.4, 0.5) is 23.2 Å². The van der Waals surface area contributed by atoms with Gasteiger partial charge >= 0.3 is 0 Å². The van der Waals surface area contributed by atoms with Gasteiger partial charge in [0, 0.05) is 23.4 Å². The lowest BCUT2D eigenvalue weighted by molar-refractivity contribution is -0.249. The highest BCUT2D eigenvalue weighted by atomic mass is 32.2. The lowest BCUT2D eigenvalue weighted by Crippen LogP contribution is -2.69. The molecule has 0 spiro atoms. The second-order valence-corrected chi connectivity index (χ2v) is 11.4. The predicted octanol–water partition coefficient (Wildman–Crippen LogP) is 2.54. The zero-order chi connectivity index (χ0) is 25.9. The van der Waals surface area contributed by atoms with Gasteiger partial charge in [0.15, 0.2) is 27.3 Å². The molecule has 0 aliphatic heterocycles. The van der Waals surface area contributed by atoms with Crippen LogP contribution in [0.2, 0.25) is 0 Å². The number of anilines is 1. The molecule has 3 fully saturated rings. The number of hydrogen-bond donors (Lipinski definition) is 4. The van der Waals surface area contributed by atoms with Gasteiger partial charge in [-0.3, -0.25) is 4.79 Å². The molecule has 35 heavy (non-hydrogen) atoms. The van der Waals surface area contributed by atoms with Gasteiger partial charge in [-0.05, 0) is 56.2 Å². The number of carbonyl (C=O) groups excluding carboxylic acids is 1. The Hall–Kier alpha value is -2.54. The fourth-order valence-corrected chi connectivity index (χ4v) is 7.15. The van der Waals surface area contributed by atoms with E-state index in [1.165, 1.54) is 6.92 Å². The van der Waals surface area contributed by atoms with Crippen LogP contribution >= 0.6 is 0 Å². The van der Waals surface area contributed by atoms with E-state index in [1.54, 1.807) is 0 Å². The average Bonchev–Trinajstić information content (AvgIpc) is 2.81. The van der Waals surface area contributed by atoms with Crippen molar-refractivity contribution in [3.8, 4) is 0 Å². The molecule has 1 amide bonds. The summed E-state index contributed by atoms with van der Waals surface area (Å²) in [7, 11) is -4.32. The van der Waals surface area contributed by atoms with Crippen LogP contribution in [-0.2, 0) is 9.84 Å². The van der Waals surface area contributed by atoms with Crippen LogP contribution in [0.25, 0.3) is 0 Å². The molecule has 3 saturated carbocycles. The Labute approximate surface area is 198 Å². The zero-order valence-corrected chi connectivity index (χ0v) is 19.2. The molecule has 2 bridgehead atoms. The molecule has 4 N–H and O–H groups in total. The van der Waals surface area contributed by atoms with Gasteiger partial charge in [0.2, 0.25) is 0 Å². The summed E-state index contributed by atoms with van der Waals surface area (Å²) in [4.78, 5) is 11.8. The van der Waals surface area contributed by atoms with Crippen LogP contribution < -0.4 is 5.32 Å². The van der Waals surface area contributed by atoms with E-state index in [2.05, 4.69) is 5.32 Å². The fourth-order valence-electron chi connectivity index (χ4n) is 5.19. The lowest BCUT2D eigenvalue weighted by atomic mass is 9.51. The Kier molecular flexibility index (Phi) is 6.45. The third-order valence-electron chi connectivity index (χ3n) is 7.08. The third-order valence-corrected chi connectivity index (χ3v) is 9.27. The maximum absolute atomic E-state index is 14.6. The number of aliphatic hydroxyl groups is 3. The van der Waals surface area contributed by atoms with E-state index in [9.17, 15) is 46.1 Å². The van der Waals surface area contributed by atoms with Crippen LogP contribution in [0.1, 0.15) is 36.5 Å². The summed E-state index contributed by atoms with van der Waals surface area (Å²) in [5.74, 6) is -8.17. The number of rotatable bonds is 6. The van der Waals surface area contributed by atoms with E-state index < -0.39 is 84.5 Å². The van der Waals surface area contributed by atoms with E-state index in [1.807, 2.05) is 0 Å². The molecule has 7 nitrogen and oxygen atoms in total. The molecular formula is C23H23F4NO6S. The van der Waals surface area contributed by atoms with Gasteiger partial charge in [0.1, 0.15) is 16.8 Å². The number of fused-ring (bicyclic) bond motifs is 2. The van der Waals surface area contributed by atoms with Crippen molar-refractivity contribution < 1.29 is 46.1 Å². The summed E-state index contributed by atoms with van der Waals surface area (Å²) >= 11 is 0. The molecular weight excluding hydrogens is 494 g/mol. The van der Waals surface area contributed by atoms with E-state index in [-0.39, 0.29) is 18.4 Å². The van der Waals surface area contributed by atoms with Crippen LogP contribution in [0.5, 0.6) is 0 Å². The molecule has 3 aliphatic carbocycles. The normalized spacial score (nSPS) is 27.6. The predicted molar refractivity (Wildman–Crippen MR) is 115 cm³/mol. The molecule has 3 aliphatic rings. The van der Waals surface area contributed by atoms with Crippen LogP contribution in [-0.4, -0.2) is 52.7 Å². The number of aliphatic hydroxyl groups excluding tert-OH is 2. The number of amides is 1. The van der Waals surface area contributed by atoms with Gasteiger partial charge in [0.25, 0.3) is 5.91 Å². The standard InChI is InChI=1S/C23H23F4NO6S/c1-10(29)21(30)23(32)12-5-13(23)7-15(6-12)35(33,34)19-4-11(2-3-16(19)24)22(31)28-14-8-17(25)20(27)18(26)9-14/h2-4,8-10,12-13,15,21,29-30,32H,5-7H2,1H3,(H,28,31)/t10-,12?,13?,15-,21+,23-/m0/s1. The van der Waals surface area contributed by atoms with Gasteiger partial charge in [-0.2, -0.15) is 0 Å². The first-order valence-corrected chi connectivity index (χ1v) is 12.4. The lowest BCUT2D eigenvalue weighted by Gasteiger charge is -2.60. The van der Waals surface area contributed by atoms with E-state index in [0.717, 1.165) is 18.2 Å². The Morgan fingerprint density at radius 1 is 1.00 bits per heavy atom. The van der Waals surface area contributed by atoms with Crippen molar-refractivity contribution in [2.75, 3.05) is 5.32 Å². The van der Waals surface area contributed by atoms with Crippen molar-refractivity contribution in [1.29, 1.82) is 0 Å². The molecule has 0 aromatic heterocycles. The van der Waals surface area contributed by atoms with Crippen molar-refractivity contribution in [3.05, 3.63) is 59.2 Å². The molecule has 0 saturated heterocycles. The Morgan fingerprint density at radius 2 is 1.57 bits per heavy atom. The minimum Gasteiger partial charge on any atom is -0.391 e. The van der Waals surface area contributed by atoms with Gasteiger partial charge in [-0.15, -0.1) is 0 Å². The smallest absolute Gasteiger partial charge is 0.255 e. The molecule has 0 radical (unpaired) electrons. The first-order chi connectivity index (χ1) is 16.3. The molecule has 2 aromatic carbocycles. The Bertz CT molecular complexity index is 1250. The number of benzene rings is 2. The quantitative estimate of drug-likeness (QED) is 0.345. The van der Waals surface area contributed by atoms with Crippen molar-refractivity contribution in [3.63, 3.8) is 0 Å². The van der Waals surface area contributed by atoms with Crippen LogP contribution in [0.3, 0.4) is 0 Å². The monoisotopic (exact) mass is 517 g/mol. The summed E-state index contributed by atoms with van der Waals surface area (Å²) in [5, 5.41) is 31.7. The number of halogens is 4. The van der Waals surface area contributed by atoms with Crippen LogP contribution in [0, 0.1) is 35.1 Å². The van der Waals surface area contributed by atoms with Crippen molar-refractivity contribution in [1.82, 2.24) is 0 Å².